The van der Waals surface area contributed by atoms with Gasteiger partial charge in [0.1, 0.15) is 10.6 Å². The SMILES string of the molecule is COc1ccc(CNc2ncc(C(F)(F)F)s2)cc1C. The minimum atomic E-state index is -4.34. The quantitative estimate of drug-likeness (QED) is 0.923. The molecule has 0 aliphatic heterocycles. The van der Waals surface area contributed by atoms with E-state index in [4.69, 9.17) is 4.74 Å². The lowest BCUT2D eigenvalue weighted by Gasteiger charge is -2.08. The van der Waals surface area contributed by atoms with Crippen molar-refractivity contribution in [3.8, 4) is 5.75 Å². The van der Waals surface area contributed by atoms with Crippen LogP contribution in [0, 0.1) is 6.92 Å². The molecule has 1 N–H and O–H groups in total. The van der Waals surface area contributed by atoms with Gasteiger partial charge in [0.15, 0.2) is 5.13 Å². The maximum atomic E-state index is 12.4. The maximum absolute atomic E-state index is 12.4. The van der Waals surface area contributed by atoms with Crippen LogP contribution in [-0.4, -0.2) is 12.1 Å². The molecule has 108 valence electrons. The Morgan fingerprint density at radius 2 is 2.10 bits per heavy atom. The van der Waals surface area contributed by atoms with Crippen LogP contribution in [0.5, 0.6) is 5.75 Å². The molecule has 0 fully saturated rings. The molecule has 2 rings (SSSR count). The second kappa shape index (κ2) is 5.70. The third-order valence-corrected chi connectivity index (χ3v) is 3.69. The average molecular weight is 302 g/mol. The molecule has 7 heteroatoms. The Bertz CT molecular complexity index is 596. The summed E-state index contributed by atoms with van der Waals surface area (Å²) in [6.07, 6.45) is -3.50. The van der Waals surface area contributed by atoms with Crippen LogP contribution in [-0.2, 0) is 12.7 Å². The highest BCUT2D eigenvalue weighted by atomic mass is 32.1. The van der Waals surface area contributed by atoms with Crippen molar-refractivity contribution < 1.29 is 17.9 Å². The van der Waals surface area contributed by atoms with Crippen molar-refractivity contribution in [2.24, 2.45) is 0 Å². The van der Waals surface area contributed by atoms with E-state index < -0.39 is 11.1 Å². The van der Waals surface area contributed by atoms with E-state index in [9.17, 15) is 13.2 Å². The maximum Gasteiger partial charge on any atom is 0.427 e. The first kappa shape index (κ1) is 14.6. The molecular weight excluding hydrogens is 289 g/mol. The van der Waals surface area contributed by atoms with Crippen LogP contribution in [0.25, 0.3) is 0 Å². The molecule has 0 saturated carbocycles. The first-order valence-corrected chi connectivity index (χ1v) is 6.62. The molecule has 20 heavy (non-hydrogen) atoms. The summed E-state index contributed by atoms with van der Waals surface area (Å²) in [5.74, 6) is 0.780. The number of halogens is 3. The van der Waals surface area contributed by atoms with Gasteiger partial charge < -0.3 is 10.1 Å². The molecule has 3 nitrogen and oxygen atoms in total. The van der Waals surface area contributed by atoms with E-state index >= 15 is 0 Å². The highest BCUT2D eigenvalue weighted by Crippen LogP contribution is 2.35. The van der Waals surface area contributed by atoms with Gasteiger partial charge in [0, 0.05) is 6.54 Å². The number of nitrogens with one attached hydrogen (secondary N) is 1. The molecule has 0 atom stereocenters. The number of benzene rings is 1. The van der Waals surface area contributed by atoms with Crippen LogP contribution >= 0.6 is 11.3 Å². The van der Waals surface area contributed by atoms with Crippen LogP contribution in [0.15, 0.2) is 24.4 Å². The van der Waals surface area contributed by atoms with Crippen molar-refractivity contribution in [1.29, 1.82) is 0 Å². The second-order valence-electron chi connectivity index (χ2n) is 4.18. The standard InChI is InChI=1S/C13H13F3N2OS/c1-8-5-9(3-4-10(8)19-2)6-17-12-18-7-11(20-12)13(14,15)16/h3-5,7H,6H2,1-2H3,(H,17,18). The Morgan fingerprint density at radius 3 is 2.65 bits per heavy atom. The lowest BCUT2D eigenvalue weighted by molar-refractivity contribution is -0.134. The third-order valence-electron chi connectivity index (χ3n) is 2.69. The summed E-state index contributed by atoms with van der Waals surface area (Å²) in [5, 5.41) is 3.14. The molecule has 1 aromatic heterocycles. The minimum Gasteiger partial charge on any atom is -0.496 e. The van der Waals surface area contributed by atoms with E-state index in [1.165, 1.54) is 0 Å². The van der Waals surface area contributed by atoms with Crippen molar-refractivity contribution in [2.45, 2.75) is 19.6 Å². The average Bonchev–Trinajstić information content (AvgIpc) is 2.85. The van der Waals surface area contributed by atoms with Crippen molar-refractivity contribution in [3.05, 3.63) is 40.4 Å². The van der Waals surface area contributed by atoms with Gasteiger partial charge in [-0.15, -0.1) is 0 Å². The molecule has 0 bridgehead atoms. The van der Waals surface area contributed by atoms with E-state index in [0.29, 0.717) is 17.9 Å². The van der Waals surface area contributed by atoms with E-state index in [1.54, 1.807) is 7.11 Å². The minimum absolute atomic E-state index is 0.255. The van der Waals surface area contributed by atoms with Gasteiger partial charge in [-0.1, -0.05) is 23.5 Å². The number of nitrogens with zero attached hydrogens (tertiary/aromatic N) is 1. The zero-order chi connectivity index (χ0) is 14.8. The molecule has 1 aromatic carbocycles. The fourth-order valence-corrected chi connectivity index (χ4v) is 2.39. The molecule has 0 amide bonds. The van der Waals surface area contributed by atoms with Gasteiger partial charge in [-0.25, -0.2) is 4.98 Å². The number of ether oxygens (including phenoxy) is 1. The Balaban J connectivity index is 2.02. The molecule has 0 unspecified atom stereocenters. The van der Waals surface area contributed by atoms with Gasteiger partial charge in [-0.05, 0) is 24.1 Å². The fourth-order valence-electron chi connectivity index (χ4n) is 1.72. The van der Waals surface area contributed by atoms with Gasteiger partial charge in [0.2, 0.25) is 0 Å². The summed E-state index contributed by atoms with van der Waals surface area (Å²) < 4.78 is 42.4. The zero-order valence-corrected chi connectivity index (χ0v) is 11.7. The number of alkyl halides is 3. The zero-order valence-electron chi connectivity index (χ0n) is 10.9. The topological polar surface area (TPSA) is 34.1 Å². The van der Waals surface area contributed by atoms with Gasteiger partial charge in [0.25, 0.3) is 0 Å². The molecule has 0 saturated heterocycles. The number of rotatable bonds is 4. The first-order chi connectivity index (χ1) is 9.40. The second-order valence-corrected chi connectivity index (χ2v) is 5.22. The number of hydrogen-bond donors (Lipinski definition) is 1. The largest absolute Gasteiger partial charge is 0.496 e. The summed E-state index contributed by atoms with van der Waals surface area (Å²) >= 11 is 0.599. The predicted octanol–water partition coefficient (Wildman–Crippen LogP) is 4.09. The number of aromatic nitrogens is 1. The normalized spacial score (nSPS) is 11.4. The molecule has 0 aliphatic carbocycles. The molecule has 1 heterocycles. The van der Waals surface area contributed by atoms with E-state index in [1.807, 2.05) is 25.1 Å². The smallest absolute Gasteiger partial charge is 0.427 e. The van der Waals surface area contributed by atoms with Gasteiger partial charge in [-0.2, -0.15) is 13.2 Å². The van der Waals surface area contributed by atoms with Crippen molar-refractivity contribution in [3.63, 3.8) is 0 Å². The van der Waals surface area contributed by atoms with E-state index in [-0.39, 0.29) is 5.13 Å². The van der Waals surface area contributed by atoms with Gasteiger partial charge in [-0.3, -0.25) is 0 Å². The van der Waals surface area contributed by atoms with Crippen LogP contribution in [0.3, 0.4) is 0 Å². The van der Waals surface area contributed by atoms with Crippen molar-refractivity contribution >= 4 is 16.5 Å². The Hall–Kier alpha value is -1.76. The first-order valence-electron chi connectivity index (χ1n) is 5.80. The molecule has 0 spiro atoms. The lowest BCUT2D eigenvalue weighted by Crippen LogP contribution is -2.01. The Labute approximate surface area is 118 Å². The highest BCUT2D eigenvalue weighted by molar-refractivity contribution is 7.15. The number of hydrogen-bond acceptors (Lipinski definition) is 4. The summed E-state index contributed by atoms with van der Waals surface area (Å²) in [5.41, 5.74) is 1.92. The van der Waals surface area contributed by atoms with E-state index in [2.05, 4.69) is 10.3 Å². The predicted molar refractivity (Wildman–Crippen MR) is 72.2 cm³/mol. The number of thiazole rings is 1. The summed E-state index contributed by atoms with van der Waals surface area (Å²) in [4.78, 5) is 3.01. The summed E-state index contributed by atoms with van der Waals surface area (Å²) in [6.45, 7) is 2.32. The van der Waals surface area contributed by atoms with Crippen LogP contribution in [0.2, 0.25) is 0 Å². The summed E-state index contributed by atoms with van der Waals surface area (Å²) in [7, 11) is 1.59. The number of aryl methyl sites for hydroxylation is 1. The van der Waals surface area contributed by atoms with Crippen molar-refractivity contribution in [1.82, 2.24) is 4.98 Å². The lowest BCUT2D eigenvalue weighted by atomic mass is 10.1. The van der Waals surface area contributed by atoms with E-state index in [0.717, 1.165) is 23.1 Å². The Kier molecular flexibility index (Phi) is 4.17. The fraction of sp³-hybridized carbons (Fsp3) is 0.308. The number of anilines is 1. The van der Waals surface area contributed by atoms with Gasteiger partial charge in [0.05, 0.1) is 13.3 Å². The van der Waals surface area contributed by atoms with Crippen LogP contribution in [0.4, 0.5) is 18.3 Å². The Morgan fingerprint density at radius 1 is 1.35 bits per heavy atom. The van der Waals surface area contributed by atoms with Gasteiger partial charge >= 0.3 is 6.18 Å². The third kappa shape index (κ3) is 3.41. The molecule has 0 aliphatic rings. The van der Waals surface area contributed by atoms with Crippen molar-refractivity contribution in [2.75, 3.05) is 12.4 Å². The van der Waals surface area contributed by atoms with Crippen LogP contribution < -0.4 is 10.1 Å². The monoisotopic (exact) mass is 302 g/mol. The molecule has 2 aromatic rings. The number of methoxy groups -OCH3 is 1. The summed E-state index contributed by atoms with van der Waals surface area (Å²) in [6, 6.07) is 5.61. The van der Waals surface area contributed by atoms with Crippen LogP contribution in [0.1, 0.15) is 16.0 Å². The highest BCUT2D eigenvalue weighted by Gasteiger charge is 2.33. The molecular formula is C13H13F3N2OS. The molecule has 0 radical (unpaired) electrons.